The van der Waals surface area contributed by atoms with Gasteiger partial charge in [0.1, 0.15) is 6.04 Å². The van der Waals surface area contributed by atoms with Crippen LogP contribution in [-0.2, 0) is 9.59 Å². The SMILES string of the molecule is O=C(c1cccc([N+](=O)[O-])c1)[C@@H]1[C@@H]2C(=O)N(c3ccc(Br)cc3)C(=O)[C@H]2[C@@H]2C=CC=NN12. The lowest BCUT2D eigenvalue weighted by atomic mass is 9.86. The third-order valence-corrected chi connectivity index (χ3v) is 6.51. The Kier molecular flexibility index (Phi) is 4.74. The number of Topliss-reactive ketones (excluding diaryl/α,β-unsaturated/α-hetero) is 1. The Labute approximate surface area is 190 Å². The van der Waals surface area contributed by atoms with Crippen LogP contribution in [0.5, 0.6) is 0 Å². The van der Waals surface area contributed by atoms with Gasteiger partial charge in [0.2, 0.25) is 11.8 Å². The third-order valence-electron chi connectivity index (χ3n) is 5.99. The van der Waals surface area contributed by atoms with Crippen molar-refractivity contribution in [1.29, 1.82) is 0 Å². The first kappa shape index (κ1) is 20.3. The van der Waals surface area contributed by atoms with Crippen molar-refractivity contribution in [3.63, 3.8) is 0 Å². The van der Waals surface area contributed by atoms with Crippen molar-refractivity contribution in [1.82, 2.24) is 5.01 Å². The number of carbonyl (C=O) groups excluding carboxylic acids is 3. The minimum Gasteiger partial charge on any atom is -0.292 e. The van der Waals surface area contributed by atoms with E-state index in [-0.39, 0.29) is 11.3 Å². The molecule has 0 aliphatic carbocycles. The monoisotopic (exact) mass is 494 g/mol. The fourth-order valence-corrected chi connectivity index (χ4v) is 4.89. The van der Waals surface area contributed by atoms with Gasteiger partial charge in [-0.05, 0) is 30.3 Å². The lowest BCUT2D eigenvalue weighted by molar-refractivity contribution is -0.384. The van der Waals surface area contributed by atoms with E-state index in [9.17, 15) is 24.5 Å². The van der Waals surface area contributed by atoms with E-state index in [1.807, 2.05) is 0 Å². The maximum absolute atomic E-state index is 13.5. The Morgan fingerprint density at radius 2 is 1.78 bits per heavy atom. The van der Waals surface area contributed by atoms with E-state index in [1.165, 1.54) is 35.5 Å². The number of allylic oxidation sites excluding steroid dienone is 1. The van der Waals surface area contributed by atoms with Gasteiger partial charge in [-0.3, -0.25) is 29.5 Å². The summed E-state index contributed by atoms with van der Waals surface area (Å²) in [6.07, 6.45) is 4.92. The highest BCUT2D eigenvalue weighted by atomic mass is 79.9. The van der Waals surface area contributed by atoms with Crippen LogP contribution in [0, 0.1) is 22.0 Å². The molecule has 0 radical (unpaired) electrons. The summed E-state index contributed by atoms with van der Waals surface area (Å²) in [7, 11) is 0. The molecule has 2 fully saturated rings. The van der Waals surface area contributed by atoms with Gasteiger partial charge in [-0.25, -0.2) is 4.90 Å². The van der Waals surface area contributed by atoms with Crippen LogP contribution in [0.4, 0.5) is 11.4 Å². The van der Waals surface area contributed by atoms with E-state index in [1.54, 1.807) is 36.4 Å². The third kappa shape index (κ3) is 2.98. The molecule has 160 valence electrons. The Hall–Kier alpha value is -3.66. The van der Waals surface area contributed by atoms with Crippen LogP contribution in [0.3, 0.4) is 0 Å². The maximum Gasteiger partial charge on any atom is 0.270 e. The van der Waals surface area contributed by atoms with E-state index in [0.717, 1.165) is 9.37 Å². The average Bonchev–Trinajstić information content (AvgIpc) is 3.27. The van der Waals surface area contributed by atoms with Gasteiger partial charge in [0.25, 0.3) is 5.69 Å². The molecule has 10 heteroatoms. The van der Waals surface area contributed by atoms with Gasteiger partial charge in [-0.1, -0.05) is 34.1 Å². The van der Waals surface area contributed by atoms with Crippen LogP contribution in [0.1, 0.15) is 10.4 Å². The first-order valence-corrected chi connectivity index (χ1v) is 10.6. The standard InChI is InChI=1S/C22H15BrN4O5/c23-13-6-8-14(9-7-13)25-21(29)17-16-5-2-10-24-26(16)19(18(17)22(25)30)20(28)12-3-1-4-15(11-12)27(31)32/h1-11,16-19H/t16-,17-,18+,19-/m0/s1. The molecule has 2 amide bonds. The number of anilines is 1. The van der Waals surface area contributed by atoms with E-state index < -0.39 is 46.4 Å². The summed E-state index contributed by atoms with van der Waals surface area (Å²) in [6.45, 7) is 0. The molecule has 3 aliphatic rings. The van der Waals surface area contributed by atoms with Crippen molar-refractivity contribution < 1.29 is 19.3 Å². The van der Waals surface area contributed by atoms with Crippen LogP contribution in [-0.4, -0.2) is 45.8 Å². The lowest BCUT2D eigenvalue weighted by Crippen LogP contribution is -2.46. The summed E-state index contributed by atoms with van der Waals surface area (Å²) >= 11 is 3.34. The molecule has 32 heavy (non-hydrogen) atoms. The zero-order chi connectivity index (χ0) is 22.6. The Balaban J connectivity index is 1.57. The molecule has 2 aromatic carbocycles. The number of nitrogens with zero attached hydrogens (tertiary/aromatic N) is 4. The molecule has 5 rings (SSSR count). The summed E-state index contributed by atoms with van der Waals surface area (Å²) in [5, 5.41) is 16.9. The van der Waals surface area contributed by atoms with Gasteiger partial charge in [-0.2, -0.15) is 5.10 Å². The molecule has 0 saturated carbocycles. The number of nitro benzene ring substituents is 1. The van der Waals surface area contributed by atoms with Gasteiger partial charge in [-0.15, -0.1) is 0 Å². The molecule has 0 aromatic heterocycles. The second-order valence-corrected chi connectivity index (χ2v) is 8.59. The van der Waals surface area contributed by atoms with Crippen LogP contribution in [0.2, 0.25) is 0 Å². The summed E-state index contributed by atoms with van der Waals surface area (Å²) in [4.78, 5) is 52.1. The number of ketones is 1. The fraction of sp³-hybridized carbons (Fsp3) is 0.182. The van der Waals surface area contributed by atoms with E-state index in [0.29, 0.717) is 5.69 Å². The number of carbonyl (C=O) groups is 3. The summed E-state index contributed by atoms with van der Waals surface area (Å²) in [5.74, 6) is -3.11. The summed E-state index contributed by atoms with van der Waals surface area (Å²) < 4.78 is 0.801. The number of amides is 2. The van der Waals surface area contributed by atoms with Crippen molar-refractivity contribution in [3.05, 3.63) is 80.8 Å². The number of halogens is 1. The van der Waals surface area contributed by atoms with Gasteiger partial charge in [0.15, 0.2) is 5.78 Å². The highest BCUT2D eigenvalue weighted by Gasteiger charge is 2.64. The molecule has 2 saturated heterocycles. The predicted octanol–water partition coefficient (Wildman–Crippen LogP) is 2.95. The van der Waals surface area contributed by atoms with Crippen molar-refractivity contribution in [2.75, 3.05) is 4.90 Å². The van der Waals surface area contributed by atoms with Crippen molar-refractivity contribution in [2.24, 2.45) is 16.9 Å². The van der Waals surface area contributed by atoms with Crippen molar-refractivity contribution >= 4 is 51.1 Å². The normalized spacial score (nSPS) is 25.8. The Morgan fingerprint density at radius 3 is 2.50 bits per heavy atom. The van der Waals surface area contributed by atoms with Gasteiger partial charge in [0, 0.05) is 28.4 Å². The molecular formula is C22H15BrN4O5. The highest BCUT2D eigenvalue weighted by Crippen LogP contribution is 2.46. The quantitative estimate of drug-likeness (QED) is 0.279. The first-order valence-electron chi connectivity index (χ1n) is 9.79. The maximum atomic E-state index is 13.5. The molecular weight excluding hydrogens is 480 g/mol. The topological polar surface area (TPSA) is 113 Å². The first-order chi connectivity index (χ1) is 15.4. The van der Waals surface area contributed by atoms with Crippen LogP contribution in [0.15, 0.2) is 70.3 Å². The molecule has 0 bridgehead atoms. The number of nitro groups is 1. The summed E-state index contributed by atoms with van der Waals surface area (Å²) in [5.41, 5.74) is 0.291. The van der Waals surface area contributed by atoms with Crippen LogP contribution >= 0.6 is 15.9 Å². The number of hydrazone groups is 1. The number of imide groups is 1. The molecule has 0 N–H and O–H groups in total. The lowest BCUT2D eigenvalue weighted by Gasteiger charge is -2.30. The second-order valence-electron chi connectivity index (χ2n) is 7.68. The largest absolute Gasteiger partial charge is 0.292 e. The molecule has 3 aliphatic heterocycles. The van der Waals surface area contributed by atoms with E-state index in [2.05, 4.69) is 21.0 Å². The zero-order valence-corrected chi connectivity index (χ0v) is 18.0. The Morgan fingerprint density at radius 1 is 1.06 bits per heavy atom. The van der Waals surface area contributed by atoms with E-state index in [4.69, 9.17) is 0 Å². The fourth-order valence-electron chi connectivity index (χ4n) is 4.63. The minimum absolute atomic E-state index is 0.0932. The van der Waals surface area contributed by atoms with Crippen LogP contribution in [0.25, 0.3) is 0 Å². The van der Waals surface area contributed by atoms with Crippen molar-refractivity contribution in [2.45, 2.75) is 12.1 Å². The van der Waals surface area contributed by atoms with Gasteiger partial charge in [0.05, 0.1) is 28.5 Å². The average molecular weight is 495 g/mol. The van der Waals surface area contributed by atoms with Gasteiger partial charge >= 0.3 is 0 Å². The minimum atomic E-state index is -1.05. The zero-order valence-electron chi connectivity index (χ0n) is 16.4. The molecule has 2 aromatic rings. The molecule has 9 nitrogen and oxygen atoms in total. The highest BCUT2D eigenvalue weighted by molar-refractivity contribution is 9.10. The summed E-state index contributed by atoms with van der Waals surface area (Å²) in [6, 6.07) is 10.5. The molecule has 0 spiro atoms. The number of hydrogen-bond donors (Lipinski definition) is 0. The van der Waals surface area contributed by atoms with Crippen molar-refractivity contribution in [3.8, 4) is 0 Å². The number of non-ortho nitro benzene ring substituents is 1. The molecule has 0 unspecified atom stereocenters. The predicted molar refractivity (Wildman–Crippen MR) is 118 cm³/mol. The number of benzene rings is 2. The van der Waals surface area contributed by atoms with E-state index >= 15 is 0 Å². The van der Waals surface area contributed by atoms with Gasteiger partial charge < -0.3 is 0 Å². The number of hydrogen-bond acceptors (Lipinski definition) is 7. The Bertz CT molecular complexity index is 1230. The molecule has 3 heterocycles. The molecule has 4 atom stereocenters. The number of fused-ring (bicyclic) bond motifs is 3. The number of rotatable bonds is 4. The second kappa shape index (κ2) is 7.49. The van der Waals surface area contributed by atoms with Crippen LogP contribution < -0.4 is 4.90 Å². The smallest absolute Gasteiger partial charge is 0.270 e.